The molecule has 0 radical (unpaired) electrons. The summed E-state index contributed by atoms with van der Waals surface area (Å²) in [6.07, 6.45) is 5.18. The van der Waals surface area contributed by atoms with Gasteiger partial charge in [-0.05, 0) is 86.8 Å². The van der Waals surface area contributed by atoms with Gasteiger partial charge in [-0.15, -0.1) is 0 Å². The van der Waals surface area contributed by atoms with Crippen molar-refractivity contribution in [2.24, 2.45) is 11.8 Å². The van der Waals surface area contributed by atoms with Crippen molar-refractivity contribution in [1.29, 1.82) is 0 Å². The summed E-state index contributed by atoms with van der Waals surface area (Å²) >= 11 is 1.72. The number of hydrogen-bond donors (Lipinski definition) is 0. The van der Waals surface area contributed by atoms with Crippen LogP contribution >= 0.6 is 11.9 Å². The van der Waals surface area contributed by atoms with Crippen molar-refractivity contribution in [3.63, 3.8) is 0 Å². The molecule has 2 saturated heterocycles. The highest BCUT2D eigenvalue weighted by atomic mass is 32.2. The molecule has 1 aromatic rings. The number of halogens is 2. The molecule has 0 aliphatic carbocycles. The minimum absolute atomic E-state index is 0.217. The Morgan fingerprint density at radius 2 is 1.68 bits per heavy atom. The van der Waals surface area contributed by atoms with E-state index in [1.54, 1.807) is 24.1 Å². The van der Waals surface area contributed by atoms with Gasteiger partial charge in [0.1, 0.15) is 5.75 Å². The molecule has 140 valence electrons. The predicted molar refractivity (Wildman–Crippen MR) is 98.1 cm³/mol. The van der Waals surface area contributed by atoms with Gasteiger partial charge in [-0.3, -0.25) is 0 Å². The molecule has 0 amide bonds. The Hall–Kier alpha value is -0.850. The molecule has 3 rings (SSSR count). The highest BCUT2D eigenvalue weighted by Crippen LogP contribution is 2.30. The topological polar surface area (TPSA) is 15.7 Å². The average Bonchev–Trinajstić information content (AvgIpc) is 2.60. The van der Waals surface area contributed by atoms with E-state index in [2.05, 4.69) is 20.9 Å². The van der Waals surface area contributed by atoms with Crippen molar-refractivity contribution >= 4 is 11.9 Å². The molecule has 1 aromatic carbocycles. The lowest BCUT2D eigenvalue weighted by Crippen LogP contribution is -2.39. The van der Waals surface area contributed by atoms with Gasteiger partial charge >= 0.3 is 6.61 Å². The number of ether oxygens (including phenoxy) is 1. The van der Waals surface area contributed by atoms with Crippen LogP contribution in [-0.4, -0.2) is 48.5 Å². The molecular weight excluding hydrogens is 342 g/mol. The number of piperidine rings is 2. The molecule has 0 N–H and O–H groups in total. The van der Waals surface area contributed by atoms with Crippen LogP contribution < -0.4 is 4.74 Å². The van der Waals surface area contributed by atoms with E-state index >= 15 is 0 Å². The second-order valence-electron chi connectivity index (χ2n) is 7.30. The highest BCUT2D eigenvalue weighted by Gasteiger charge is 2.24. The van der Waals surface area contributed by atoms with Crippen LogP contribution in [0.25, 0.3) is 0 Å². The Morgan fingerprint density at radius 1 is 1.04 bits per heavy atom. The molecule has 0 atom stereocenters. The van der Waals surface area contributed by atoms with Gasteiger partial charge in [-0.1, -0.05) is 6.92 Å². The van der Waals surface area contributed by atoms with E-state index in [1.807, 2.05) is 12.1 Å². The monoisotopic (exact) mass is 370 g/mol. The number of hydrogen-bond acceptors (Lipinski definition) is 4. The molecule has 0 saturated carbocycles. The Bertz CT molecular complexity index is 513. The van der Waals surface area contributed by atoms with Gasteiger partial charge in [0.15, 0.2) is 0 Å². The maximum Gasteiger partial charge on any atom is 0.387 e. The zero-order chi connectivity index (χ0) is 17.6. The van der Waals surface area contributed by atoms with Crippen LogP contribution in [0.5, 0.6) is 5.75 Å². The first-order chi connectivity index (χ1) is 12.1. The van der Waals surface area contributed by atoms with Crippen LogP contribution in [0, 0.1) is 11.8 Å². The predicted octanol–water partition coefficient (Wildman–Crippen LogP) is 4.74. The fourth-order valence-electron chi connectivity index (χ4n) is 3.62. The number of nitrogens with zero attached hydrogens (tertiary/aromatic N) is 2. The van der Waals surface area contributed by atoms with Crippen molar-refractivity contribution in [1.82, 2.24) is 9.21 Å². The van der Waals surface area contributed by atoms with Crippen molar-refractivity contribution in [2.45, 2.75) is 44.1 Å². The summed E-state index contributed by atoms with van der Waals surface area (Å²) in [7, 11) is 0. The van der Waals surface area contributed by atoms with Gasteiger partial charge < -0.3 is 9.64 Å². The average molecular weight is 371 g/mol. The highest BCUT2D eigenvalue weighted by molar-refractivity contribution is 7.97. The van der Waals surface area contributed by atoms with Gasteiger partial charge in [0, 0.05) is 24.5 Å². The summed E-state index contributed by atoms with van der Waals surface area (Å²) in [5.74, 6) is 1.92. The van der Waals surface area contributed by atoms with E-state index in [0.29, 0.717) is 0 Å². The summed E-state index contributed by atoms with van der Waals surface area (Å²) in [4.78, 5) is 3.72. The second-order valence-corrected chi connectivity index (χ2v) is 8.47. The fraction of sp³-hybridized carbons (Fsp3) is 0.684. The van der Waals surface area contributed by atoms with Crippen molar-refractivity contribution in [2.75, 3.05) is 32.7 Å². The van der Waals surface area contributed by atoms with Crippen LogP contribution in [0.4, 0.5) is 8.78 Å². The van der Waals surface area contributed by atoms with Gasteiger partial charge in [0.2, 0.25) is 0 Å². The maximum absolute atomic E-state index is 12.2. The van der Waals surface area contributed by atoms with E-state index in [1.165, 1.54) is 45.3 Å². The third-order valence-corrected chi connectivity index (χ3v) is 6.36. The molecule has 0 unspecified atom stereocenters. The van der Waals surface area contributed by atoms with Crippen LogP contribution in [0.1, 0.15) is 32.6 Å². The van der Waals surface area contributed by atoms with E-state index in [4.69, 9.17) is 0 Å². The summed E-state index contributed by atoms with van der Waals surface area (Å²) < 4.78 is 31.1. The Balaban J connectivity index is 1.39. The van der Waals surface area contributed by atoms with Gasteiger partial charge in [0.05, 0.1) is 0 Å². The fourth-order valence-corrected chi connectivity index (χ4v) is 4.57. The number of benzene rings is 1. The first kappa shape index (κ1) is 18.9. The third-order valence-electron chi connectivity index (χ3n) is 5.25. The van der Waals surface area contributed by atoms with E-state index < -0.39 is 6.61 Å². The lowest BCUT2D eigenvalue weighted by molar-refractivity contribution is -0.0498. The second kappa shape index (κ2) is 9.19. The molecule has 2 fully saturated rings. The van der Waals surface area contributed by atoms with Gasteiger partial charge in [-0.2, -0.15) is 8.78 Å². The smallest absolute Gasteiger partial charge is 0.387 e. The molecule has 2 heterocycles. The number of likely N-dealkylation sites (tertiary alicyclic amines) is 1. The van der Waals surface area contributed by atoms with Gasteiger partial charge in [0.25, 0.3) is 0 Å². The first-order valence-corrected chi connectivity index (χ1v) is 10.1. The zero-order valence-electron chi connectivity index (χ0n) is 14.9. The summed E-state index contributed by atoms with van der Waals surface area (Å²) in [6, 6.07) is 6.92. The number of rotatable bonds is 6. The van der Waals surface area contributed by atoms with Crippen LogP contribution in [-0.2, 0) is 0 Å². The molecule has 0 bridgehead atoms. The Morgan fingerprint density at radius 3 is 2.28 bits per heavy atom. The minimum Gasteiger partial charge on any atom is -0.435 e. The molecule has 0 spiro atoms. The van der Waals surface area contributed by atoms with E-state index in [0.717, 1.165) is 29.8 Å². The molecule has 3 nitrogen and oxygen atoms in total. The van der Waals surface area contributed by atoms with E-state index in [-0.39, 0.29) is 5.75 Å². The SMILES string of the molecule is CC1CCN(CC2CCN(Sc3ccc(OC(F)F)cc3)CC2)CC1. The standard InChI is InChI=1S/C19H28F2N2OS/c1-15-6-10-22(11-7-15)14-16-8-12-23(13-9-16)25-18-4-2-17(3-5-18)24-19(20)21/h2-5,15-16,19H,6-14H2,1H3. The molecular formula is C19H28F2N2OS. The van der Waals surface area contributed by atoms with Crippen molar-refractivity contribution in [3.05, 3.63) is 24.3 Å². The molecule has 0 aromatic heterocycles. The summed E-state index contributed by atoms with van der Waals surface area (Å²) in [5.41, 5.74) is 0. The molecule has 2 aliphatic heterocycles. The Kier molecular flexibility index (Phi) is 6.96. The molecule has 6 heteroatoms. The Labute approximate surface area is 153 Å². The quantitative estimate of drug-likeness (QED) is 0.672. The maximum atomic E-state index is 12.2. The van der Waals surface area contributed by atoms with Crippen LogP contribution in [0.2, 0.25) is 0 Å². The summed E-state index contributed by atoms with van der Waals surface area (Å²) in [6.45, 7) is 5.57. The zero-order valence-corrected chi connectivity index (χ0v) is 15.7. The minimum atomic E-state index is -2.76. The third kappa shape index (κ3) is 6.12. The van der Waals surface area contributed by atoms with Crippen LogP contribution in [0.3, 0.4) is 0 Å². The normalized spacial score (nSPS) is 21.8. The summed E-state index contributed by atoms with van der Waals surface area (Å²) in [5, 5.41) is 0. The largest absolute Gasteiger partial charge is 0.435 e. The van der Waals surface area contributed by atoms with Crippen molar-refractivity contribution < 1.29 is 13.5 Å². The number of alkyl halides is 2. The van der Waals surface area contributed by atoms with Crippen LogP contribution in [0.15, 0.2) is 29.2 Å². The molecule has 2 aliphatic rings. The lowest BCUT2D eigenvalue weighted by atomic mass is 9.94. The molecule has 25 heavy (non-hydrogen) atoms. The van der Waals surface area contributed by atoms with Gasteiger partial charge in [-0.25, -0.2) is 4.31 Å². The first-order valence-electron chi connectivity index (χ1n) is 9.28. The van der Waals surface area contributed by atoms with E-state index in [9.17, 15) is 8.78 Å². The van der Waals surface area contributed by atoms with Crippen molar-refractivity contribution in [3.8, 4) is 5.75 Å². The lowest BCUT2D eigenvalue weighted by Gasteiger charge is -2.36.